The first-order valence-corrected chi connectivity index (χ1v) is 6.42. The van der Waals surface area contributed by atoms with Crippen LogP contribution in [0.1, 0.15) is 6.92 Å². The Morgan fingerprint density at radius 2 is 2.00 bits per heavy atom. The topological polar surface area (TPSA) is 62.2 Å². The van der Waals surface area contributed by atoms with Crippen molar-refractivity contribution in [1.82, 2.24) is 4.90 Å². The van der Waals surface area contributed by atoms with Crippen LogP contribution in [0.5, 0.6) is 5.75 Å². The van der Waals surface area contributed by atoms with Gasteiger partial charge in [-0.15, -0.1) is 0 Å². The number of methoxy groups -OCH3 is 1. The van der Waals surface area contributed by atoms with E-state index in [-0.39, 0.29) is 5.91 Å². The quantitative estimate of drug-likeness (QED) is 0.617. The van der Waals surface area contributed by atoms with Crippen LogP contribution in [0.2, 0.25) is 0 Å². The molecule has 106 valence electrons. The van der Waals surface area contributed by atoms with Crippen LogP contribution in [-0.4, -0.2) is 50.2 Å². The Morgan fingerprint density at radius 3 is 2.55 bits per heavy atom. The van der Waals surface area contributed by atoms with Crippen molar-refractivity contribution in [3.8, 4) is 5.75 Å². The predicted octanol–water partition coefficient (Wildman–Crippen LogP) is 1.33. The van der Waals surface area contributed by atoms with Crippen molar-refractivity contribution in [2.24, 2.45) is 4.99 Å². The van der Waals surface area contributed by atoms with Gasteiger partial charge in [0.1, 0.15) is 11.4 Å². The SMILES string of the molecule is COc1cc(N2CCN(C(C)=O)CC2)ccc1N=C=O. The van der Waals surface area contributed by atoms with Crippen LogP contribution in [0.4, 0.5) is 11.4 Å². The maximum absolute atomic E-state index is 11.3. The highest BCUT2D eigenvalue weighted by molar-refractivity contribution is 5.73. The fraction of sp³-hybridized carbons (Fsp3) is 0.429. The molecule has 0 radical (unpaired) electrons. The molecule has 20 heavy (non-hydrogen) atoms. The second-order valence-electron chi connectivity index (χ2n) is 4.55. The zero-order valence-electron chi connectivity index (χ0n) is 11.6. The van der Waals surface area contributed by atoms with Crippen molar-refractivity contribution in [2.45, 2.75) is 6.92 Å². The van der Waals surface area contributed by atoms with Gasteiger partial charge in [-0.25, -0.2) is 4.79 Å². The molecule has 1 fully saturated rings. The van der Waals surface area contributed by atoms with E-state index < -0.39 is 0 Å². The molecule has 0 spiro atoms. The number of rotatable bonds is 3. The summed E-state index contributed by atoms with van der Waals surface area (Å²) in [4.78, 5) is 29.2. The molecule has 0 aromatic heterocycles. The average molecular weight is 275 g/mol. The maximum atomic E-state index is 11.3. The minimum atomic E-state index is 0.109. The lowest BCUT2D eigenvalue weighted by molar-refractivity contribution is -0.129. The maximum Gasteiger partial charge on any atom is 0.240 e. The molecule has 1 aromatic rings. The summed E-state index contributed by atoms with van der Waals surface area (Å²) < 4.78 is 5.22. The van der Waals surface area contributed by atoms with Gasteiger partial charge in [0, 0.05) is 44.9 Å². The number of amides is 1. The van der Waals surface area contributed by atoms with E-state index in [0.29, 0.717) is 24.5 Å². The number of nitrogens with zero attached hydrogens (tertiary/aromatic N) is 3. The minimum absolute atomic E-state index is 0.109. The Balaban J connectivity index is 2.14. The van der Waals surface area contributed by atoms with Crippen LogP contribution in [0, 0.1) is 0 Å². The van der Waals surface area contributed by atoms with Gasteiger partial charge in [-0.2, -0.15) is 4.99 Å². The number of isocyanates is 1. The molecular formula is C14H17N3O3. The van der Waals surface area contributed by atoms with Crippen LogP contribution in [0.3, 0.4) is 0 Å². The van der Waals surface area contributed by atoms with Crippen LogP contribution < -0.4 is 9.64 Å². The van der Waals surface area contributed by atoms with Gasteiger partial charge in [0.25, 0.3) is 0 Å². The van der Waals surface area contributed by atoms with E-state index in [4.69, 9.17) is 4.74 Å². The first-order valence-electron chi connectivity index (χ1n) is 6.42. The summed E-state index contributed by atoms with van der Waals surface area (Å²) in [6, 6.07) is 5.47. The van der Waals surface area contributed by atoms with Gasteiger partial charge in [-0.05, 0) is 12.1 Å². The molecule has 0 atom stereocenters. The second kappa shape index (κ2) is 6.21. The number of piperazine rings is 1. The molecule has 0 saturated carbocycles. The van der Waals surface area contributed by atoms with Gasteiger partial charge in [0.05, 0.1) is 7.11 Å². The number of carbonyl (C=O) groups excluding carboxylic acids is 2. The van der Waals surface area contributed by atoms with Crippen LogP contribution in [-0.2, 0) is 9.59 Å². The van der Waals surface area contributed by atoms with E-state index >= 15 is 0 Å². The zero-order valence-corrected chi connectivity index (χ0v) is 11.6. The number of hydrogen-bond acceptors (Lipinski definition) is 5. The summed E-state index contributed by atoms with van der Waals surface area (Å²) in [5, 5.41) is 0. The number of benzene rings is 1. The predicted molar refractivity (Wildman–Crippen MR) is 75.2 cm³/mol. The Morgan fingerprint density at radius 1 is 1.30 bits per heavy atom. The molecule has 0 aliphatic carbocycles. The van der Waals surface area contributed by atoms with Gasteiger partial charge in [-0.1, -0.05) is 0 Å². The van der Waals surface area contributed by atoms with E-state index in [1.807, 2.05) is 17.0 Å². The molecule has 2 rings (SSSR count). The van der Waals surface area contributed by atoms with Crippen LogP contribution in [0.15, 0.2) is 23.2 Å². The Bertz CT molecular complexity index is 545. The van der Waals surface area contributed by atoms with Gasteiger partial charge < -0.3 is 14.5 Å². The molecule has 1 saturated heterocycles. The highest BCUT2D eigenvalue weighted by Gasteiger charge is 2.19. The van der Waals surface area contributed by atoms with Gasteiger partial charge in [0.2, 0.25) is 12.0 Å². The smallest absolute Gasteiger partial charge is 0.240 e. The van der Waals surface area contributed by atoms with E-state index in [9.17, 15) is 9.59 Å². The number of carbonyl (C=O) groups is 1. The van der Waals surface area contributed by atoms with Crippen molar-refractivity contribution < 1.29 is 14.3 Å². The number of aliphatic imine (C=N–C) groups is 1. The first kappa shape index (κ1) is 14.1. The molecule has 1 amide bonds. The van der Waals surface area contributed by atoms with Crippen LogP contribution >= 0.6 is 0 Å². The molecule has 1 aliphatic rings. The minimum Gasteiger partial charge on any atom is -0.494 e. The van der Waals surface area contributed by atoms with E-state index in [0.717, 1.165) is 18.8 Å². The van der Waals surface area contributed by atoms with Gasteiger partial charge >= 0.3 is 0 Å². The second-order valence-corrected chi connectivity index (χ2v) is 4.55. The lowest BCUT2D eigenvalue weighted by Crippen LogP contribution is -2.48. The zero-order chi connectivity index (χ0) is 14.5. The lowest BCUT2D eigenvalue weighted by Gasteiger charge is -2.35. The highest BCUT2D eigenvalue weighted by atomic mass is 16.5. The third kappa shape index (κ3) is 2.97. The molecule has 0 N–H and O–H groups in total. The van der Waals surface area contributed by atoms with Gasteiger partial charge in [-0.3, -0.25) is 4.79 Å². The molecule has 6 heteroatoms. The molecule has 6 nitrogen and oxygen atoms in total. The number of anilines is 1. The third-order valence-corrected chi connectivity index (χ3v) is 3.42. The van der Waals surface area contributed by atoms with E-state index in [1.54, 1.807) is 13.0 Å². The molecule has 1 aliphatic heterocycles. The van der Waals surface area contributed by atoms with E-state index in [2.05, 4.69) is 9.89 Å². The summed E-state index contributed by atoms with van der Waals surface area (Å²) >= 11 is 0. The summed E-state index contributed by atoms with van der Waals surface area (Å²) in [7, 11) is 1.54. The summed E-state index contributed by atoms with van der Waals surface area (Å²) in [6.07, 6.45) is 1.51. The van der Waals surface area contributed by atoms with Crippen molar-refractivity contribution in [3.63, 3.8) is 0 Å². The Hall–Kier alpha value is -2.33. The summed E-state index contributed by atoms with van der Waals surface area (Å²) in [5.74, 6) is 0.651. The lowest BCUT2D eigenvalue weighted by atomic mass is 10.2. The fourth-order valence-corrected chi connectivity index (χ4v) is 2.28. The van der Waals surface area contributed by atoms with Crippen LogP contribution in [0.25, 0.3) is 0 Å². The number of hydrogen-bond donors (Lipinski definition) is 0. The summed E-state index contributed by atoms with van der Waals surface area (Å²) in [5.41, 5.74) is 1.46. The van der Waals surface area contributed by atoms with E-state index in [1.165, 1.54) is 13.2 Å². The summed E-state index contributed by atoms with van der Waals surface area (Å²) in [6.45, 7) is 4.57. The molecule has 0 unspecified atom stereocenters. The Labute approximate surface area is 117 Å². The fourth-order valence-electron chi connectivity index (χ4n) is 2.28. The molecule has 0 bridgehead atoms. The first-order chi connectivity index (χ1) is 9.65. The number of ether oxygens (including phenoxy) is 1. The molecule has 1 aromatic carbocycles. The average Bonchev–Trinajstić information content (AvgIpc) is 2.48. The van der Waals surface area contributed by atoms with Gasteiger partial charge in [0.15, 0.2) is 0 Å². The largest absolute Gasteiger partial charge is 0.494 e. The molecule has 1 heterocycles. The Kier molecular flexibility index (Phi) is 4.38. The van der Waals surface area contributed by atoms with Crippen molar-refractivity contribution >= 4 is 23.4 Å². The normalized spacial score (nSPS) is 14.7. The van der Waals surface area contributed by atoms with Crippen molar-refractivity contribution in [1.29, 1.82) is 0 Å². The molecular weight excluding hydrogens is 258 g/mol. The standard InChI is InChI=1S/C14H17N3O3/c1-11(19)16-5-7-17(8-6-16)12-3-4-13(15-10-18)14(9-12)20-2/h3-4,9H,5-8H2,1-2H3. The van der Waals surface area contributed by atoms with Crippen molar-refractivity contribution in [2.75, 3.05) is 38.2 Å². The van der Waals surface area contributed by atoms with Crippen molar-refractivity contribution in [3.05, 3.63) is 18.2 Å². The third-order valence-electron chi connectivity index (χ3n) is 3.42. The monoisotopic (exact) mass is 275 g/mol. The highest BCUT2D eigenvalue weighted by Crippen LogP contribution is 2.32.